The molecule has 0 N–H and O–H groups in total. The van der Waals surface area contributed by atoms with Gasteiger partial charge in [0, 0.05) is 28.4 Å². The van der Waals surface area contributed by atoms with E-state index in [4.69, 9.17) is 4.42 Å². The number of aryl methyl sites for hydroxylation is 2. The van der Waals surface area contributed by atoms with Crippen LogP contribution in [0.3, 0.4) is 0 Å². The van der Waals surface area contributed by atoms with Crippen molar-refractivity contribution >= 4 is 55.8 Å². The van der Waals surface area contributed by atoms with Crippen LogP contribution >= 0.6 is 0 Å². The molecule has 6 rings (SSSR count). The predicted molar refractivity (Wildman–Crippen MR) is 129 cm³/mol. The summed E-state index contributed by atoms with van der Waals surface area (Å²) < 4.78 is 10.7. The summed E-state index contributed by atoms with van der Waals surface area (Å²) in [6.07, 6.45) is 4.20. The minimum absolute atomic E-state index is 0.836. The Morgan fingerprint density at radius 1 is 0.806 bits per heavy atom. The molecule has 4 aromatic carbocycles. The van der Waals surface area contributed by atoms with E-state index in [2.05, 4.69) is 114 Å². The van der Waals surface area contributed by atoms with Crippen molar-refractivity contribution in [2.45, 2.75) is 13.5 Å². The first-order valence-corrected chi connectivity index (χ1v) is 10.7. The van der Waals surface area contributed by atoms with Crippen LogP contribution in [0.5, 0.6) is 0 Å². The van der Waals surface area contributed by atoms with Crippen molar-refractivity contribution in [2.75, 3.05) is 0 Å². The van der Waals surface area contributed by atoms with Gasteiger partial charge in [-0.1, -0.05) is 48.5 Å². The van der Waals surface area contributed by atoms with Gasteiger partial charge in [-0.25, -0.2) is 0 Å². The number of hydrogen-bond donors (Lipinski definition) is 0. The number of benzene rings is 4. The second-order valence-electron chi connectivity index (χ2n) is 8.00. The summed E-state index contributed by atoms with van der Waals surface area (Å²) in [4.78, 5) is 0. The van der Waals surface area contributed by atoms with Gasteiger partial charge in [0.05, 0.1) is 11.5 Å². The van der Waals surface area contributed by atoms with Crippen molar-refractivity contribution in [2.24, 2.45) is 7.05 Å². The van der Waals surface area contributed by atoms with Crippen molar-refractivity contribution in [1.29, 1.82) is 0 Å². The first-order chi connectivity index (χ1) is 15.2. The largest absolute Gasteiger partial charge is 0.398 e. The van der Waals surface area contributed by atoms with Crippen molar-refractivity contribution in [3.8, 4) is 0 Å². The fourth-order valence-electron chi connectivity index (χ4n) is 4.78. The van der Waals surface area contributed by atoms with Gasteiger partial charge in [0.25, 0.3) is 5.52 Å². The standard InChI is InChI=1S/C28H23N2O/c1-3-30-24-11-7-6-10-22(24)23-18-19(12-15-25(23)30)13-17-27-29(2)28-21-9-5-4-8-20(21)14-16-26(28)31-27/h4-18H,3H2,1-2H3/q+1. The molecule has 3 nitrogen and oxygen atoms in total. The Labute approximate surface area is 180 Å². The molecule has 0 atom stereocenters. The number of hydrogen-bond acceptors (Lipinski definition) is 1. The lowest BCUT2D eigenvalue weighted by Gasteiger charge is -2.02. The normalized spacial score (nSPS) is 12.2. The van der Waals surface area contributed by atoms with E-state index in [0.29, 0.717) is 0 Å². The third-order valence-electron chi connectivity index (χ3n) is 6.28. The zero-order valence-electron chi connectivity index (χ0n) is 17.7. The van der Waals surface area contributed by atoms with E-state index >= 15 is 0 Å². The van der Waals surface area contributed by atoms with Gasteiger partial charge in [0.15, 0.2) is 0 Å². The van der Waals surface area contributed by atoms with E-state index < -0.39 is 0 Å². The lowest BCUT2D eigenvalue weighted by Crippen LogP contribution is -2.29. The van der Waals surface area contributed by atoms with E-state index in [0.717, 1.165) is 29.1 Å². The molecule has 0 aliphatic heterocycles. The molecular weight excluding hydrogens is 380 g/mol. The van der Waals surface area contributed by atoms with Crippen molar-refractivity contribution in [3.05, 3.63) is 90.3 Å². The molecule has 0 saturated heterocycles. The molecule has 0 radical (unpaired) electrons. The Morgan fingerprint density at radius 2 is 1.58 bits per heavy atom. The number of oxazole rings is 1. The molecule has 0 spiro atoms. The molecular formula is C28H23N2O+. The van der Waals surface area contributed by atoms with Crippen LogP contribution in [0.25, 0.3) is 55.8 Å². The summed E-state index contributed by atoms with van der Waals surface area (Å²) in [6, 6.07) is 27.9. The maximum atomic E-state index is 6.18. The molecule has 0 aliphatic carbocycles. The number of fused-ring (bicyclic) bond motifs is 6. The summed E-state index contributed by atoms with van der Waals surface area (Å²) in [5.41, 5.74) is 5.76. The predicted octanol–water partition coefficient (Wildman–Crippen LogP) is 6.71. The van der Waals surface area contributed by atoms with Gasteiger partial charge in [0.1, 0.15) is 7.05 Å². The average Bonchev–Trinajstić information content (AvgIpc) is 3.31. The Morgan fingerprint density at radius 3 is 2.45 bits per heavy atom. The zero-order chi connectivity index (χ0) is 20.9. The van der Waals surface area contributed by atoms with Crippen LogP contribution in [0.2, 0.25) is 0 Å². The van der Waals surface area contributed by atoms with Gasteiger partial charge in [-0.15, -0.1) is 0 Å². The molecule has 3 heteroatoms. The third-order valence-corrected chi connectivity index (χ3v) is 6.28. The number of aromatic nitrogens is 2. The highest BCUT2D eigenvalue weighted by Crippen LogP contribution is 2.30. The molecule has 2 heterocycles. The molecule has 0 fully saturated rings. The van der Waals surface area contributed by atoms with E-state index in [9.17, 15) is 0 Å². The van der Waals surface area contributed by atoms with Crippen LogP contribution in [0.15, 0.2) is 83.3 Å². The topological polar surface area (TPSA) is 21.9 Å². The summed E-state index contributed by atoms with van der Waals surface area (Å²) >= 11 is 0. The van der Waals surface area contributed by atoms with Crippen LogP contribution < -0.4 is 4.57 Å². The lowest BCUT2D eigenvalue weighted by atomic mass is 10.1. The first-order valence-electron chi connectivity index (χ1n) is 10.7. The van der Waals surface area contributed by atoms with Crippen LogP contribution in [0.1, 0.15) is 18.4 Å². The Bertz CT molecular complexity index is 1630. The SMILES string of the molecule is CCn1c2ccccc2c2cc(/C=C/c3oc4ccc5ccccc5c4[n+]3C)ccc21. The van der Waals surface area contributed by atoms with Gasteiger partial charge in [-0.2, -0.15) is 4.57 Å². The second kappa shape index (κ2) is 6.85. The van der Waals surface area contributed by atoms with Crippen LogP contribution in [0.4, 0.5) is 0 Å². The van der Waals surface area contributed by atoms with Gasteiger partial charge in [-0.05, 0) is 54.3 Å². The molecule has 31 heavy (non-hydrogen) atoms. The summed E-state index contributed by atoms with van der Waals surface area (Å²) in [6.45, 7) is 3.16. The smallest absolute Gasteiger partial charge is 0.373 e. The van der Waals surface area contributed by atoms with E-state index in [-0.39, 0.29) is 0 Å². The molecule has 0 saturated carbocycles. The first kappa shape index (κ1) is 18.0. The average molecular weight is 404 g/mol. The Kier molecular flexibility index (Phi) is 3.97. The van der Waals surface area contributed by atoms with Crippen LogP contribution in [0, 0.1) is 0 Å². The molecule has 0 aliphatic rings. The number of rotatable bonds is 3. The third kappa shape index (κ3) is 2.70. The fraction of sp³-hybridized carbons (Fsp3) is 0.107. The quantitative estimate of drug-likeness (QED) is 0.301. The van der Waals surface area contributed by atoms with Gasteiger partial charge >= 0.3 is 5.89 Å². The minimum Gasteiger partial charge on any atom is -0.398 e. The van der Waals surface area contributed by atoms with Crippen molar-refractivity contribution in [1.82, 2.24) is 4.57 Å². The molecule has 0 unspecified atom stereocenters. The highest BCUT2D eigenvalue weighted by molar-refractivity contribution is 6.08. The zero-order valence-corrected chi connectivity index (χ0v) is 17.7. The highest BCUT2D eigenvalue weighted by atomic mass is 16.3. The van der Waals surface area contributed by atoms with Crippen LogP contribution in [-0.4, -0.2) is 4.57 Å². The maximum absolute atomic E-state index is 6.18. The monoisotopic (exact) mass is 403 g/mol. The van der Waals surface area contributed by atoms with Gasteiger partial charge in [-0.3, -0.25) is 0 Å². The van der Waals surface area contributed by atoms with Gasteiger partial charge in [0.2, 0.25) is 5.58 Å². The number of para-hydroxylation sites is 1. The molecule has 6 aromatic rings. The van der Waals surface area contributed by atoms with E-state index in [1.165, 1.54) is 32.6 Å². The van der Waals surface area contributed by atoms with Crippen LogP contribution in [-0.2, 0) is 13.6 Å². The molecule has 0 bridgehead atoms. The fourth-order valence-corrected chi connectivity index (χ4v) is 4.78. The summed E-state index contributed by atoms with van der Waals surface area (Å²) in [5.74, 6) is 0.836. The summed E-state index contributed by atoms with van der Waals surface area (Å²) in [7, 11) is 2.07. The van der Waals surface area contributed by atoms with E-state index in [1.54, 1.807) is 0 Å². The van der Waals surface area contributed by atoms with Crippen molar-refractivity contribution < 1.29 is 8.98 Å². The second-order valence-corrected chi connectivity index (χ2v) is 8.00. The lowest BCUT2D eigenvalue weighted by molar-refractivity contribution is -0.651. The number of nitrogens with zero attached hydrogens (tertiary/aromatic N) is 2. The highest BCUT2D eigenvalue weighted by Gasteiger charge is 2.19. The molecule has 0 amide bonds. The molecule has 2 aromatic heterocycles. The van der Waals surface area contributed by atoms with E-state index in [1.807, 2.05) is 0 Å². The van der Waals surface area contributed by atoms with Crippen molar-refractivity contribution in [3.63, 3.8) is 0 Å². The minimum atomic E-state index is 0.836. The maximum Gasteiger partial charge on any atom is 0.373 e. The Hall–Kier alpha value is -3.85. The Balaban J connectivity index is 1.47. The summed E-state index contributed by atoms with van der Waals surface area (Å²) in [5, 5.41) is 5.02. The van der Waals surface area contributed by atoms with Gasteiger partial charge < -0.3 is 8.98 Å². The molecule has 150 valence electrons.